The van der Waals surface area contributed by atoms with E-state index in [1.807, 2.05) is 6.07 Å². The van der Waals surface area contributed by atoms with Gasteiger partial charge in [0.25, 0.3) is 0 Å². The molecule has 0 saturated carbocycles. The molecule has 1 N–H and O–H groups in total. The first kappa shape index (κ1) is 21.9. The molecule has 0 bridgehead atoms. The number of hydrogen-bond donors (Lipinski definition) is 1. The topological polar surface area (TPSA) is 68.5 Å². The van der Waals surface area contributed by atoms with Crippen LogP contribution in [0.25, 0.3) is 6.08 Å². The molecule has 1 aromatic heterocycles. The number of nitrogens with zero attached hydrogens (tertiary/aromatic N) is 1. The van der Waals surface area contributed by atoms with Crippen molar-refractivity contribution in [2.45, 2.75) is 12.7 Å². The predicted molar refractivity (Wildman–Crippen MR) is 108 cm³/mol. The zero-order valence-corrected chi connectivity index (χ0v) is 16.2. The van der Waals surface area contributed by atoms with E-state index >= 15 is 0 Å². The zero-order valence-electron chi connectivity index (χ0n) is 16.2. The van der Waals surface area contributed by atoms with E-state index in [9.17, 15) is 22.8 Å². The first-order valence-electron chi connectivity index (χ1n) is 9.22. The molecule has 0 fully saturated rings. The predicted octanol–water partition coefficient (Wildman–Crippen LogP) is 4.91. The standard InChI is InChI=1S/C23H18F3NO4/c24-23(25,26)18-10-8-17(9-11-18)22(30)20-7-3-13-27(20)12-2-5-16-4-1-6-19(14-16)31-15-21(28)29/h1-11,13-14H,12,15H2,(H,28,29). The zero-order chi connectivity index (χ0) is 22.4. The number of benzene rings is 2. The van der Waals surface area contributed by atoms with Crippen LogP contribution < -0.4 is 4.74 Å². The third-order valence-electron chi connectivity index (χ3n) is 4.37. The summed E-state index contributed by atoms with van der Waals surface area (Å²) < 4.78 is 44.9. The smallest absolute Gasteiger partial charge is 0.416 e. The van der Waals surface area contributed by atoms with E-state index in [-0.39, 0.29) is 11.3 Å². The minimum Gasteiger partial charge on any atom is -0.482 e. The molecule has 0 radical (unpaired) electrons. The van der Waals surface area contributed by atoms with Crippen LogP contribution in [-0.4, -0.2) is 28.0 Å². The van der Waals surface area contributed by atoms with Gasteiger partial charge in [-0.25, -0.2) is 4.79 Å². The van der Waals surface area contributed by atoms with Gasteiger partial charge in [0.2, 0.25) is 5.78 Å². The van der Waals surface area contributed by atoms with Gasteiger partial charge in [0.15, 0.2) is 6.61 Å². The van der Waals surface area contributed by atoms with Crippen molar-refractivity contribution in [1.82, 2.24) is 4.57 Å². The second-order valence-corrected chi connectivity index (χ2v) is 6.61. The van der Waals surface area contributed by atoms with E-state index in [0.717, 1.165) is 17.7 Å². The fourth-order valence-corrected chi connectivity index (χ4v) is 2.89. The third kappa shape index (κ3) is 5.85. The van der Waals surface area contributed by atoms with Crippen LogP contribution in [0, 0.1) is 0 Å². The Bertz CT molecular complexity index is 1100. The van der Waals surface area contributed by atoms with Gasteiger partial charge in [0.1, 0.15) is 5.75 Å². The van der Waals surface area contributed by atoms with Gasteiger partial charge in [-0.1, -0.05) is 36.4 Å². The number of allylic oxidation sites excluding steroid dienone is 1. The number of aliphatic carboxylic acids is 1. The Hall–Kier alpha value is -3.81. The van der Waals surface area contributed by atoms with E-state index < -0.39 is 24.3 Å². The highest BCUT2D eigenvalue weighted by Crippen LogP contribution is 2.29. The number of hydrogen-bond acceptors (Lipinski definition) is 3. The second-order valence-electron chi connectivity index (χ2n) is 6.61. The molecule has 0 spiro atoms. The summed E-state index contributed by atoms with van der Waals surface area (Å²) in [6, 6.07) is 14.3. The lowest BCUT2D eigenvalue weighted by atomic mass is 10.1. The van der Waals surface area contributed by atoms with Gasteiger partial charge in [0, 0.05) is 18.3 Å². The Morgan fingerprint density at radius 3 is 2.45 bits per heavy atom. The summed E-state index contributed by atoms with van der Waals surface area (Å²) in [6.07, 6.45) is 0.844. The molecule has 160 valence electrons. The average Bonchev–Trinajstić information content (AvgIpc) is 3.20. The van der Waals surface area contributed by atoms with Crippen LogP contribution in [0.2, 0.25) is 0 Å². The summed E-state index contributed by atoms with van der Waals surface area (Å²) in [6.45, 7) is -0.0825. The van der Waals surface area contributed by atoms with Crippen molar-refractivity contribution < 1.29 is 32.6 Å². The van der Waals surface area contributed by atoms with Crippen molar-refractivity contribution in [3.63, 3.8) is 0 Å². The molecule has 8 heteroatoms. The summed E-state index contributed by atoms with van der Waals surface area (Å²) in [5, 5.41) is 8.67. The Morgan fingerprint density at radius 1 is 1.03 bits per heavy atom. The van der Waals surface area contributed by atoms with Crippen LogP contribution in [0.3, 0.4) is 0 Å². The van der Waals surface area contributed by atoms with E-state index in [0.29, 0.717) is 18.0 Å². The molecule has 0 aliphatic carbocycles. The molecule has 2 aromatic carbocycles. The van der Waals surface area contributed by atoms with Crippen LogP contribution in [0.15, 0.2) is 72.9 Å². The van der Waals surface area contributed by atoms with E-state index in [1.165, 1.54) is 12.1 Å². The third-order valence-corrected chi connectivity index (χ3v) is 4.37. The van der Waals surface area contributed by atoms with Crippen LogP contribution in [0.5, 0.6) is 5.75 Å². The molecule has 0 saturated heterocycles. The SMILES string of the molecule is O=C(O)COc1cccc(C=CCn2cccc2C(=O)c2ccc(C(F)(F)F)cc2)c1. The van der Waals surface area contributed by atoms with Crippen LogP contribution in [0.1, 0.15) is 27.2 Å². The number of carboxylic acids is 1. The molecule has 0 amide bonds. The molecule has 1 heterocycles. The number of carbonyl (C=O) groups is 2. The van der Waals surface area contributed by atoms with Gasteiger partial charge in [-0.3, -0.25) is 4.79 Å². The van der Waals surface area contributed by atoms with Crippen LogP contribution in [-0.2, 0) is 17.5 Å². The van der Waals surface area contributed by atoms with Crippen molar-refractivity contribution in [3.8, 4) is 5.75 Å². The first-order chi connectivity index (χ1) is 14.7. The Balaban J connectivity index is 1.69. The van der Waals surface area contributed by atoms with E-state index in [4.69, 9.17) is 9.84 Å². The molecule has 0 aliphatic rings. The van der Waals surface area contributed by atoms with Gasteiger partial charge < -0.3 is 14.4 Å². The van der Waals surface area contributed by atoms with Gasteiger partial charge in [0.05, 0.1) is 11.3 Å². The maximum absolute atomic E-state index is 12.7. The summed E-state index contributed by atoms with van der Waals surface area (Å²) in [5.74, 6) is -1.03. The number of ether oxygens (including phenoxy) is 1. The monoisotopic (exact) mass is 429 g/mol. The van der Waals surface area contributed by atoms with Crippen molar-refractivity contribution >= 4 is 17.8 Å². The molecule has 31 heavy (non-hydrogen) atoms. The van der Waals surface area contributed by atoms with E-state index in [1.54, 1.807) is 53.2 Å². The number of ketones is 1. The molecule has 0 unspecified atom stereocenters. The molecule has 0 atom stereocenters. The number of halogens is 3. The van der Waals surface area contributed by atoms with Crippen LogP contribution in [0.4, 0.5) is 13.2 Å². The Kier molecular flexibility index (Phi) is 6.59. The Morgan fingerprint density at radius 2 is 1.77 bits per heavy atom. The molecular weight excluding hydrogens is 411 g/mol. The fraction of sp³-hybridized carbons (Fsp3) is 0.130. The lowest BCUT2D eigenvalue weighted by Gasteiger charge is -2.09. The summed E-state index contributed by atoms with van der Waals surface area (Å²) in [4.78, 5) is 23.3. The highest BCUT2D eigenvalue weighted by molar-refractivity contribution is 6.08. The van der Waals surface area contributed by atoms with Crippen molar-refractivity contribution in [3.05, 3.63) is 95.3 Å². The highest BCUT2D eigenvalue weighted by Gasteiger charge is 2.30. The lowest BCUT2D eigenvalue weighted by Crippen LogP contribution is -2.10. The molecule has 5 nitrogen and oxygen atoms in total. The number of carboxylic acid groups (broad SMARTS) is 1. The maximum Gasteiger partial charge on any atom is 0.416 e. The van der Waals surface area contributed by atoms with Gasteiger partial charge in [-0.05, 0) is 42.0 Å². The molecular formula is C23H18F3NO4. The van der Waals surface area contributed by atoms with Crippen molar-refractivity contribution in [2.24, 2.45) is 0 Å². The fourth-order valence-electron chi connectivity index (χ4n) is 2.89. The summed E-state index contributed by atoms with van der Waals surface area (Å²) in [5.41, 5.74) is 0.491. The van der Waals surface area contributed by atoms with Crippen LogP contribution >= 0.6 is 0 Å². The lowest BCUT2D eigenvalue weighted by molar-refractivity contribution is -0.139. The largest absolute Gasteiger partial charge is 0.482 e. The van der Waals surface area contributed by atoms with Gasteiger partial charge in [-0.2, -0.15) is 13.2 Å². The average molecular weight is 429 g/mol. The number of aromatic nitrogens is 1. The Labute approximate surface area is 176 Å². The van der Waals surface area contributed by atoms with Crippen molar-refractivity contribution in [2.75, 3.05) is 6.61 Å². The second kappa shape index (κ2) is 9.34. The van der Waals surface area contributed by atoms with E-state index in [2.05, 4.69) is 0 Å². The maximum atomic E-state index is 12.7. The minimum absolute atomic E-state index is 0.167. The first-order valence-corrected chi connectivity index (χ1v) is 9.22. The van der Waals surface area contributed by atoms with Gasteiger partial charge >= 0.3 is 12.1 Å². The summed E-state index contributed by atoms with van der Waals surface area (Å²) >= 11 is 0. The normalized spacial score (nSPS) is 11.6. The van der Waals surface area contributed by atoms with Crippen molar-refractivity contribution in [1.29, 1.82) is 0 Å². The number of rotatable bonds is 8. The molecule has 0 aliphatic heterocycles. The van der Waals surface area contributed by atoms with Gasteiger partial charge in [-0.15, -0.1) is 0 Å². The number of alkyl halides is 3. The number of carbonyl (C=O) groups excluding carboxylic acids is 1. The molecule has 3 aromatic rings. The minimum atomic E-state index is -4.46. The molecule has 3 rings (SSSR count). The quantitative estimate of drug-likeness (QED) is 0.517. The highest BCUT2D eigenvalue weighted by atomic mass is 19.4. The summed E-state index contributed by atoms with van der Waals surface area (Å²) in [7, 11) is 0.